The van der Waals surface area contributed by atoms with Crippen LogP contribution in [0.3, 0.4) is 0 Å². The van der Waals surface area contributed by atoms with Gasteiger partial charge in [-0.05, 0) is 49.2 Å². The number of halogens is 7. The second kappa shape index (κ2) is 10.8. The number of alkyl halides is 6. The molecule has 0 aliphatic rings. The number of anilines is 1. The second-order valence-corrected chi connectivity index (χ2v) is 8.53. The van der Waals surface area contributed by atoms with Crippen LogP contribution in [-0.2, 0) is 19.3 Å². The zero-order valence-electron chi connectivity index (χ0n) is 19.4. The van der Waals surface area contributed by atoms with Crippen molar-refractivity contribution in [2.45, 2.75) is 45.5 Å². The highest BCUT2D eigenvalue weighted by Crippen LogP contribution is 2.33. The molecule has 194 valence electrons. The normalized spacial score (nSPS) is 12.9. The Morgan fingerprint density at radius 2 is 1.53 bits per heavy atom. The highest BCUT2D eigenvalue weighted by Gasteiger charge is 2.39. The average molecular weight is 515 g/mol. The van der Waals surface area contributed by atoms with Crippen LogP contribution in [0.5, 0.6) is 5.75 Å². The fourth-order valence-corrected chi connectivity index (χ4v) is 3.77. The van der Waals surface area contributed by atoms with E-state index in [-0.39, 0.29) is 24.4 Å². The van der Waals surface area contributed by atoms with Crippen LogP contribution in [0.15, 0.2) is 60.7 Å². The molecule has 3 nitrogen and oxygen atoms in total. The van der Waals surface area contributed by atoms with E-state index in [1.54, 1.807) is 6.07 Å². The Hall–Kier alpha value is -3.27. The van der Waals surface area contributed by atoms with Crippen LogP contribution < -0.4 is 9.64 Å². The summed E-state index contributed by atoms with van der Waals surface area (Å²) in [6.45, 7) is 2.76. The molecule has 0 aromatic heterocycles. The molecule has 0 radical (unpaired) electrons. The van der Waals surface area contributed by atoms with E-state index in [4.69, 9.17) is 4.74 Å². The van der Waals surface area contributed by atoms with Crippen LogP contribution >= 0.6 is 0 Å². The lowest BCUT2D eigenvalue weighted by atomic mass is 10.1. The fraction of sp³-hybridized carbons (Fsp3) is 0.308. The molecule has 0 spiro atoms. The van der Waals surface area contributed by atoms with Crippen molar-refractivity contribution in [3.63, 3.8) is 0 Å². The van der Waals surface area contributed by atoms with Crippen LogP contribution in [0.4, 0.5) is 36.4 Å². The zero-order chi connectivity index (χ0) is 26.7. The van der Waals surface area contributed by atoms with Crippen molar-refractivity contribution in [3.8, 4) is 5.75 Å². The second-order valence-electron chi connectivity index (χ2n) is 8.53. The van der Waals surface area contributed by atoms with E-state index < -0.39 is 36.4 Å². The van der Waals surface area contributed by atoms with Crippen LogP contribution in [0.1, 0.15) is 27.8 Å². The molecule has 0 bridgehead atoms. The van der Waals surface area contributed by atoms with Gasteiger partial charge in [0.15, 0.2) is 6.10 Å². The number of nitrogens with zero attached hydrogens (tertiary/aromatic N) is 1. The molecule has 0 aliphatic heterocycles. The van der Waals surface area contributed by atoms with Crippen LogP contribution in [0, 0.1) is 19.7 Å². The van der Waals surface area contributed by atoms with Crippen molar-refractivity contribution < 1.29 is 40.6 Å². The summed E-state index contributed by atoms with van der Waals surface area (Å²) in [6, 6.07) is 14.1. The summed E-state index contributed by atoms with van der Waals surface area (Å²) in [5.74, 6) is -1.21. The first-order valence-electron chi connectivity index (χ1n) is 10.9. The third-order valence-electron chi connectivity index (χ3n) is 5.35. The summed E-state index contributed by atoms with van der Waals surface area (Å²) >= 11 is 0. The molecule has 0 amide bonds. The Kier molecular flexibility index (Phi) is 8.18. The predicted octanol–water partition coefficient (Wildman–Crippen LogP) is 6.97. The number of benzene rings is 3. The number of aryl methyl sites for hydroxylation is 2. The third kappa shape index (κ3) is 7.36. The van der Waals surface area contributed by atoms with Crippen molar-refractivity contribution >= 4 is 5.69 Å². The lowest BCUT2D eigenvalue weighted by molar-refractivity contribution is -0.200. The van der Waals surface area contributed by atoms with Gasteiger partial charge in [-0.2, -0.15) is 26.3 Å². The van der Waals surface area contributed by atoms with Gasteiger partial charge in [-0.3, -0.25) is 0 Å². The van der Waals surface area contributed by atoms with Gasteiger partial charge in [0, 0.05) is 18.3 Å². The molecular formula is C26H24F7NO2. The van der Waals surface area contributed by atoms with Crippen molar-refractivity contribution in [1.29, 1.82) is 0 Å². The Morgan fingerprint density at radius 1 is 0.861 bits per heavy atom. The standard InChI is InChI=1S/C26H24F7NO2/c1-16-8-17(2)10-19(9-16)15-36-21-5-3-4-20(12-21)34(14-24(35)26(31,32)33)13-18-6-7-22(23(27)11-18)25(28,29)30/h3-12,24,35H,13-15H2,1-2H3. The molecule has 1 N–H and O–H groups in total. The summed E-state index contributed by atoms with van der Waals surface area (Å²) in [7, 11) is 0. The summed E-state index contributed by atoms with van der Waals surface area (Å²) in [4.78, 5) is 1.10. The first-order valence-corrected chi connectivity index (χ1v) is 10.9. The minimum atomic E-state index is -4.93. The van der Waals surface area contributed by atoms with E-state index in [1.165, 1.54) is 18.2 Å². The SMILES string of the molecule is Cc1cc(C)cc(COc2cccc(N(Cc3ccc(C(F)(F)F)c(F)c3)CC(O)C(F)(F)F)c2)c1. The van der Waals surface area contributed by atoms with Gasteiger partial charge < -0.3 is 14.7 Å². The highest BCUT2D eigenvalue weighted by atomic mass is 19.4. The predicted molar refractivity (Wildman–Crippen MR) is 121 cm³/mol. The minimum absolute atomic E-state index is 0.00330. The minimum Gasteiger partial charge on any atom is -0.489 e. The van der Waals surface area contributed by atoms with Gasteiger partial charge in [-0.1, -0.05) is 41.5 Å². The highest BCUT2D eigenvalue weighted by molar-refractivity contribution is 5.51. The Balaban J connectivity index is 1.86. The first-order chi connectivity index (χ1) is 16.7. The van der Waals surface area contributed by atoms with Gasteiger partial charge in [0.2, 0.25) is 0 Å². The van der Waals surface area contributed by atoms with E-state index in [0.29, 0.717) is 17.9 Å². The number of hydrogen-bond donors (Lipinski definition) is 1. The van der Waals surface area contributed by atoms with Gasteiger partial charge in [-0.15, -0.1) is 0 Å². The van der Waals surface area contributed by atoms with Gasteiger partial charge in [0.25, 0.3) is 0 Å². The van der Waals surface area contributed by atoms with Crippen LogP contribution in [0.2, 0.25) is 0 Å². The molecule has 3 aromatic rings. The van der Waals surface area contributed by atoms with Crippen molar-refractivity contribution in [1.82, 2.24) is 0 Å². The largest absolute Gasteiger partial charge is 0.489 e. The lowest BCUT2D eigenvalue weighted by Gasteiger charge is -2.29. The maximum Gasteiger partial charge on any atom is 0.419 e. The third-order valence-corrected chi connectivity index (χ3v) is 5.35. The molecule has 36 heavy (non-hydrogen) atoms. The first kappa shape index (κ1) is 27.3. The summed E-state index contributed by atoms with van der Waals surface area (Å²) in [5.41, 5.74) is 1.70. The summed E-state index contributed by atoms with van der Waals surface area (Å²) < 4.78 is 97.7. The summed E-state index contributed by atoms with van der Waals surface area (Å²) in [5, 5.41) is 9.65. The zero-order valence-corrected chi connectivity index (χ0v) is 19.4. The van der Waals surface area contributed by atoms with Gasteiger partial charge in [0.1, 0.15) is 18.2 Å². The van der Waals surface area contributed by atoms with E-state index in [2.05, 4.69) is 0 Å². The molecule has 0 saturated heterocycles. The number of ether oxygens (including phenoxy) is 1. The van der Waals surface area contributed by atoms with E-state index >= 15 is 0 Å². The van der Waals surface area contributed by atoms with E-state index in [1.807, 2.05) is 32.0 Å². The van der Waals surface area contributed by atoms with Crippen molar-refractivity contribution in [2.75, 3.05) is 11.4 Å². The lowest BCUT2D eigenvalue weighted by Crippen LogP contribution is -2.40. The monoisotopic (exact) mass is 515 g/mol. The van der Waals surface area contributed by atoms with Crippen molar-refractivity contribution in [3.05, 3.63) is 94.3 Å². The number of aliphatic hydroxyl groups is 1. The van der Waals surface area contributed by atoms with Gasteiger partial charge in [0.05, 0.1) is 12.1 Å². The molecule has 0 aliphatic carbocycles. The molecular weight excluding hydrogens is 491 g/mol. The van der Waals surface area contributed by atoms with Gasteiger partial charge in [-0.25, -0.2) is 4.39 Å². The number of rotatable bonds is 8. The topological polar surface area (TPSA) is 32.7 Å². The Morgan fingerprint density at radius 3 is 2.11 bits per heavy atom. The molecule has 0 fully saturated rings. The Labute approximate surface area is 203 Å². The fourth-order valence-electron chi connectivity index (χ4n) is 3.77. The molecule has 1 atom stereocenters. The number of hydrogen-bond acceptors (Lipinski definition) is 3. The number of aliphatic hydroxyl groups excluding tert-OH is 1. The molecule has 10 heteroatoms. The van der Waals surface area contributed by atoms with Crippen molar-refractivity contribution in [2.24, 2.45) is 0 Å². The maximum atomic E-state index is 14.0. The molecule has 0 saturated carbocycles. The van der Waals surface area contributed by atoms with E-state index in [9.17, 15) is 35.8 Å². The average Bonchev–Trinajstić information content (AvgIpc) is 2.75. The van der Waals surface area contributed by atoms with Crippen LogP contribution in [0.25, 0.3) is 0 Å². The van der Waals surface area contributed by atoms with Gasteiger partial charge >= 0.3 is 12.4 Å². The molecule has 0 heterocycles. The summed E-state index contributed by atoms with van der Waals surface area (Å²) in [6.07, 6.45) is -12.6. The molecule has 1 unspecified atom stereocenters. The Bertz CT molecular complexity index is 1170. The smallest absolute Gasteiger partial charge is 0.419 e. The quantitative estimate of drug-likeness (QED) is 0.329. The molecule has 3 aromatic carbocycles. The maximum absolute atomic E-state index is 14.0. The van der Waals surface area contributed by atoms with Crippen LogP contribution in [-0.4, -0.2) is 23.9 Å². The van der Waals surface area contributed by atoms with E-state index in [0.717, 1.165) is 27.7 Å². The molecule has 3 rings (SSSR count).